The van der Waals surface area contributed by atoms with E-state index in [0.29, 0.717) is 35.4 Å². The van der Waals surface area contributed by atoms with Gasteiger partial charge in [-0.3, -0.25) is 9.78 Å². The first kappa shape index (κ1) is 22.8. The van der Waals surface area contributed by atoms with Gasteiger partial charge in [-0.05, 0) is 63.0 Å². The van der Waals surface area contributed by atoms with Gasteiger partial charge in [0.25, 0.3) is 5.91 Å². The van der Waals surface area contributed by atoms with Crippen LogP contribution in [0.1, 0.15) is 47.7 Å². The van der Waals surface area contributed by atoms with E-state index in [0.717, 1.165) is 38.2 Å². The zero-order valence-corrected chi connectivity index (χ0v) is 19.3. The highest BCUT2D eigenvalue weighted by molar-refractivity contribution is 6.30. The normalized spacial score (nSPS) is 19.2. The van der Waals surface area contributed by atoms with E-state index in [1.54, 1.807) is 36.5 Å². The lowest BCUT2D eigenvalue weighted by molar-refractivity contribution is 0.0771. The van der Waals surface area contributed by atoms with Crippen LogP contribution in [0.5, 0.6) is 5.75 Å². The van der Waals surface area contributed by atoms with Gasteiger partial charge in [0.1, 0.15) is 12.0 Å². The maximum atomic E-state index is 13.2. The molecule has 6 nitrogen and oxygen atoms in total. The number of unbranched alkanes of at least 4 members (excludes halogenated alkanes) is 1. The molecular weight excluding hydrogens is 426 g/mol. The van der Waals surface area contributed by atoms with Gasteiger partial charge in [0.05, 0.1) is 17.9 Å². The van der Waals surface area contributed by atoms with Crippen molar-refractivity contribution in [3.63, 3.8) is 0 Å². The summed E-state index contributed by atoms with van der Waals surface area (Å²) in [5.74, 6) is 0.909. The number of rotatable bonds is 8. The van der Waals surface area contributed by atoms with E-state index in [2.05, 4.69) is 22.0 Å². The molecule has 0 N–H and O–H groups in total. The number of halogens is 1. The second kappa shape index (κ2) is 10.9. The van der Waals surface area contributed by atoms with E-state index >= 15 is 0 Å². The summed E-state index contributed by atoms with van der Waals surface area (Å²) < 4.78 is 11.1. The van der Waals surface area contributed by atoms with Crippen LogP contribution in [0.15, 0.2) is 54.6 Å². The molecule has 1 amide bonds. The van der Waals surface area contributed by atoms with E-state index in [1.165, 1.54) is 18.5 Å². The SMILES string of the molecule is COCC1=COc2cc(Cl)ccc2C(=O)N1CCCCN1CCCC(c2ccccn2)C1. The Morgan fingerprint density at radius 3 is 2.91 bits per heavy atom. The Morgan fingerprint density at radius 1 is 1.22 bits per heavy atom. The van der Waals surface area contributed by atoms with E-state index in [9.17, 15) is 4.79 Å². The van der Waals surface area contributed by atoms with Crippen molar-refractivity contribution < 1.29 is 14.3 Å². The van der Waals surface area contributed by atoms with Crippen LogP contribution in [0.2, 0.25) is 5.02 Å². The van der Waals surface area contributed by atoms with Crippen molar-refractivity contribution in [3.05, 3.63) is 70.8 Å². The summed E-state index contributed by atoms with van der Waals surface area (Å²) >= 11 is 6.08. The van der Waals surface area contributed by atoms with Crippen molar-refractivity contribution in [2.24, 2.45) is 0 Å². The lowest BCUT2D eigenvalue weighted by Gasteiger charge is -2.32. The van der Waals surface area contributed by atoms with E-state index in [1.807, 2.05) is 12.3 Å². The first-order chi connectivity index (χ1) is 15.7. The summed E-state index contributed by atoms with van der Waals surface area (Å²) in [5.41, 5.74) is 2.43. The standard InChI is InChI=1S/C25H30ClN3O3/c1-31-17-21-18-32-24-15-20(26)9-10-22(24)25(30)29(21)14-5-4-12-28-13-6-7-19(16-28)23-8-2-3-11-27-23/h2-3,8-11,15,18-19H,4-7,12-14,16-17H2,1H3. The molecule has 1 saturated heterocycles. The van der Waals surface area contributed by atoms with Crippen LogP contribution in [0.3, 0.4) is 0 Å². The van der Waals surface area contributed by atoms with Crippen LogP contribution < -0.4 is 4.74 Å². The van der Waals surface area contributed by atoms with Gasteiger partial charge >= 0.3 is 0 Å². The summed E-state index contributed by atoms with van der Waals surface area (Å²) in [4.78, 5) is 22.1. The molecule has 0 saturated carbocycles. The Labute approximate surface area is 194 Å². The quantitative estimate of drug-likeness (QED) is 0.539. The number of aromatic nitrogens is 1. The molecule has 1 fully saturated rings. The number of methoxy groups -OCH3 is 1. The largest absolute Gasteiger partial charge is 0.462 e. The van der Waals surface area contributed by atoms with Crippen LogP contribution in [-0.2, 0) is 4.74 Å². The van der Waals surface area contributed by atoms with Crippen molar-refractivity contribution in [1.29, 1.82) is 0 Å². The van der Waals surface area contributed by atoms with E-state index in [-0.39, 0.29) is 5.91 Å². The smallest absolute Gasteiger partial charge is 0.261 e. The van der Waals surface area contributed by atoms with Crippen molar-refractivity contribution in [1.82, 2.24) is 14.8 Å². The van der Waals surface area contributed by atoms with Crippen molar-refractivity contribution >= 4 is 17.5 Å². The van der Waals surface area contributed by atoms with Gasteiger partial charge in [-0.1, -0.05) is 17.7 Å². The molecule has 3 heterocycles. The summed E-state index contributed by atoms with van der Waals surface area (Å²) in [6.45, 7) is 4.14. The van der Waals surface area contributed by atoms with E-state index < -0.39 is 0 Å². The number of likely N-dealkylation sites (tertiary alicyclic amines) is 1. The summed E-state index contributed by atoms with van der Waals surface area (Å²) in [6.07, 6.45) is 7.81. The predicted octanol–water partition coefficient (Wildman–Crippen LogP) is 4.72. The van der Waals surface area contributed by atoms with Crippen LogP contribution in [0.25, 0.3) is 0 Å². The second-order valence-electron chi connectivity index (χ2n) is 8.36. The summed E-state index contributed by atoms with van der Waals surface area (Å²) in [6, 6.07) is 11.3. The Balaban J connectivity index is 1.33. The highest BCUT2D eigenvalue weighted by Crippen LogP contribution is 2.29. The molecule has 0 bridgehead atoms. The molecule has 7 heteroatoms. The minimum Gasteiger partial charge on any atom is -0.462 e. The summed E-state index contributed by atoms with van der Waals surface area (Å²) in [7, 11) is 1.62. The number of fused-ring (bicyclic) bond motifs is 1. The number of hydrogen-bond donors (Lipinski definition) is 0. The Morgan fingerprint density at radius 2 is 2.09 bits per heavy atom. The molecule has 0 spiro atoms. The topological polar surface area (TPSA) is 54.9 Å². The lowest BCUT2D eigenvalue weighted by atomic mass is 9.94. The predicted molar refractivity (Wildman–Crippen MR) is 125 cm³/mol. The van der Waals surface area contributed by atoms with Gasteiger partial charge in [-0.25, -0.2) is 0 Å². The number of pyridine rings is 1. The maximum absolute atomic E-state index is 13.2. The molecular formula is C25H30ClN3O3. The van der Waals surface area contributed by atoms with Gasteiger partial charge in [-0.2, -0.15) is 0 Å². The molecule has 1 atom stereocenters. The molecule has 1 aromatic heterocycles. The fourth-order valence-electron chi connectivity index (χ4n) is 4.47. The summed E-state index contributed by atoms with van der Waals surface area (Å²) in [5, 5.41) is 0.539. The second-order valence-corrected chi connectivity index (χ2v) is 8.80. The Hall–Kier alpha value is -2.41. The van der Waals surface area contributed by atoms with Gasteiger partial charge in [0.2, 0.25) is 0 Å². The van der Waals surface area contributed by atoms with Crippen molar-refractivity contribution in [2.75, 3.05) is 39.9 Å². The van der Waals surface area contributed by atoms with Crippen molar-refractivity contribution in [3.8, 4) is 5.75 Å². The molecule has 0 radical (unpaired) electrons. The molecule has 2 aromatic rings. The zero-order chi connectivity index (χ0) is 22.3. The lowest BCUT2D eigenvalue weighted by Crippen LogP contribution is -2.36. The highest BCUT2D eigenvalue weighted by Gasteiger charge is 2.27. The van der Waals surface area contributed by atoms with Crippen LogP contribution in [0.4, 0.5) is 0 Å². The average Bonchev–Trinajstić information content (AvgIpc) is 2.94. The third kappa shape index (κ3) is 5.49. The number of ether oxygens (including phenoxy) is 2. The number of carbonyl (C=O) groups is 1. The number of piperidine rings is 1. The highest BCUT2D eigenvalue weighted by atomic mass is 35.5. The third-order valence-corrected chi connectivity index (χ3v) is 6.33. The molecule has 1 unspecified atom stereocenters. The fraction of sp³-hybridized carbons (Fsp3) is 0.440. The molecule has 1 aromatic carbocycles. The first-order valence-electron chi connectivity index (χ1n) is 11.2. The number of hydrogen-bond acceptors (Lipinski definition) is 5. The average molecular weight is 456 g/mol. The van der Waals surface area contributed by atoms with Gasteiger partial charge in [-0.15, -0.1) is 0 Å². The molecule has 2 aliphatic heterocycles. The first-order valence-corrected chi connectivity index (χ1v) is 11.6. The number of nitrogens with zero attached hydrogens (tertiary/aromatic N) is 3. The fourth-order valence-corrected chi connectivity index (χ4v) is 4.63. The van der Waals surface area contributed by atoms with Gasteiger partial charge in [0.15, 0.2) is 0 Å². The minimum absolute atomic E-state index is 0.0781. The van der Waals surface area contributed by atoms with Gasteiger partial charge < -0.3 is 19.3 Å². The molecule has 2 aliphatic rings. The number of carbonyl (C=O) groups excluding carboxylic acids is 1. The number of amides is 1. The molecule has 0 aliphatic carbocycles. The maximum Gasteiger partial charge on any atom is 0.261 e. The molecule has 4 rings (SSSR count). The van der Waals surface area contributed by atoms with Gasteiger partial charge in [0, 0.05) is 49.1 Å². The minimum atomic E-state index is -0.0781. The molecule has 170 valence electrons. The van der Waals surface area contributed by atoms with Crippen LogP contribution >= 0.6 is 11.6 Å². The number of benzene rings is 1. The molecule has 32 heavy (non-hydrogen) atoms. The van der Waals surface area contributed by atoms with E-state index in [4.69, 9.17) is 21.1 Å². The zero-order valence-electron chi connectivity index (χ0n) is 18.5. The Bertz CT molecular complexity index is 951. The monoisotopic (exact) mass is 455 g/mol. The van der Waals surface area contributed by atoms with Crippen LogP contribution in [-0.4, -0.2) is 60.6 Å². The van der Waals surface area contributed by atoms with Crippen LogP contribution in [0, 0.1) is 0 Å². The third-order valence-electron chi connectivity index (χ3n) is 6.10. The van der Waals surface area contributed by atoms with Crippen molar-refractivity contribution in [2.45, 2.75) is 31.6 Å². The Kier molecular flexibility index (Phi) is 7.79.